The summed E-state index contributed by atoms with van der Waals surface area (Å²) in [5.41, 5.74) is 2.22. The van der Waals surface area contributed by atoms with Crippen LogP contribution in [0.25, 0.3) is 0 Å². The van der Waals surface area contributed by atoms with E-state index in [2.05, 4.69) is 5.32 Å². The molecule has 0 spiro atoms. The minimum Gasteiger partial charge on any atom is -0.489 e. The van der Waals surface area contributed by atoms with Crippen molar-refractivity contribution in [2.75, 3.05) is 5.32 Å². The van der Waals surface area contributed by atoms with Gasteiger partial charge in [0.05, 0.1) is 0 Å². The smallest absolute Gasteiger partial charge is 0.308 e. The minimum atomic E-state index is -0.401. The highest BCUT2D eigenvalue weighted by Crippen LogP contribution is 2.19. The number of carbonyl (C=O) groups is 2. The predicted octanol–water partition coefficient (Wildman–Crippen LogP) is 4.44. The fourth-order valence-electron chi connectivity index (χ4n) is 2.42. The Hall–Kier alpha value is -3.60. The molecular weight excluding hydrogens is 342 g/mol. The number of anilines is 1. The molecule has 0 heterocycles. The van der Waals surface area contributed by atoms with Gasteiger partial charge in [-0.3, -0.25) is 9.59 Å². The van der Waals surface area contributed by atoms with Gasteiger partial charge in [0.1, 0.15) is 18.1 Å². The van der Waals surface area contributed by atoms with Gasteiger partial charge in [-0.05, 0) is 54.1 Å². The molecule has 0 aliphatic rings. The molecule has 0 fully saturated rings. The molecule has 5 heteroatoms. The molecule has 1 amide bonds. The number of nitrogens with one attached hydrogen (secondary N) is 1. The van der Waals surface area contributed by atoms with E-state index < -0.39 is 5.97 Å². The Labute approximate surface area is 157 Å². The zero-order valence-corrected chi connectivity index (χ0v) is 14.8. The molecule has 0 unspecified atom stereocenters. The van der Waals surface area contributed by atoms with E-state index in [9.17, 15) is 9.59 Å². The maximum Gasteiger partial charge on any atom is 0.308 e. The molecular formula is C22H19NO4. The zero-order chi connectivity index (χ0) is 19.1. The highest BCUT2D eigenvalue weighted by molar-refractivity contribution is 6.04. The molecule has 136 valence electrons. The second kappa shape index (κ2) is 8.67. The molecule has 0 atom stereocenters. The molecule has 0 bridgehead atoms. The quantitative estimate of drug-likeness (QED) is 0.521. The standard InChI is InChI=1S/C22H19NO4/c1-16(24)27-21-11-7-18(8-12-21)22(25)23-19-9-13-20(14-10-19)26-15-17-5-3-2-4-6-17/h2-14H,15H2,1H3,(H,23,25). The Morgan fingerprint density at radius 1 is 0.815 bits per heavy atom. The van der Waals surface area contributed by atoms with E-state index >= 15 is 0 Å². The van der Waals surface area contributed by atoms with Crippen LogP contribution < -0.4 is 14.8 Å². The lowest BCUT2D eigenvalue weighted by atomic mass is 10.2. The Bertz CT molecular complexity index is 903. The molecule has 0 saturated carbocycles. The van der Waals surface area contributed by atoms with Crippen LogP contribution in [0.3, 0.4) is 0 Å². The van der Waals surface area contributed by atoms with Crippen LogP contribution in [-0.4, -0.2) is 11.9 Å². The van der Waals surface area contributed by atoms with Crippen LogP contribution >= 0.6 is 0 Å². The molecule has 0 aliphatic carbocycles. The summed E-state index contributed by atoms with van der Waals surface area (Å²) >= 11 is 0. The second-order valence-corrected chi connectivity index (χ2v) is 5.87. The highest BCUT2D eigenvalue weighted by Gasteiger charge is 2.07. The van der Waals surface area contributed by atoms with Crippen molar-refractivity contribution in [3.8, 4) is 11.5 Å². The van der Waals surface area contributed by atoms with Gasteiger partial charge in [0.25, 0.3) is 5.91 Å². The summed E-state index contributed by atoms with van der Waals surface area (Å²) in [5, 5.41) is 2.82. The summed E-state index contributed by atoms with van der Waals surface area (Å²) in [5.74, 6) is 0.477. The normalized spacial score (nSPS) is 10.1. The first-order valence-electron chi connectivity index (χ1n) is 8.47. The van der Waals surface area contributed by atoms with Gasteiger partial charge in [0, 0.05) is 18.2 Å². The van der Waals surface area contributed by atoms with Crippen LogP contribution in [0.2, 0.25) is 0 Å². The third-order valence-electron chi connectivity index (χ3n) is 3.74. The van der Waals surface area contributed by atoms with E-state index in [1.807, 2.05) is 42.5 Å². The molecule has 3 aromatic rings. The zero-order valence-electron chi connectivity index (χ0n) is 14.8. The van der Waals surface area contributed by atoms with Crippen molar-refractivity contribution in [2.24, 2.45) is 0 Å². The van der Waals surface area contributed by atoms with Gasteiger partial charge in [0.2, 0.25) is 0 Å². The lowest BCUT2D eigenvalue weighted by Gasteiger charge is -2.09. The monoisotopic (exact) mass is 361 g/mol. The molecule has 3 aromatic carbocycles. The van der Waals surface area contributed by atoms with E-state index in [1.165, 1.54) is 6.92 Å². The Kier molecular flexibility index (Phi) is 5.84. The fraction of sp³-hybridized carbons (Fsp3) is 0.0909. The molecule has 0 aromatic heterocycles. The van der Waals surface area contributed by atoms with Crippen molar-refractivity contribution in [1.82, 2.24) is 0 Å². The third-order valence-corrected chi connectivity index (χ3v) is 3.74. The topological polar surface area (TPSA) is 64.6 Å². The van der Waals surface area contributed by atoms with Crippen LogP contribution in [0.1, 0.15) is 22.8 Å². The van der Waals surface area contributed by atoms with E-state index in [0.29, 0.717) is 23.6 Å². The fourth-order valence-corrected chi connectivity index (χ4v) is 2.42. The Morgan fingerprint density at radius 2 is 1.44 bits per heavy atom. The van der Waals surface area contributed by atoms with E-state index in [0.717, 1.165) is 11.3 Å². The summed E-state index contributed by atoms with van der Waals surface area (Å²) in [7, 11) is 0. The van der Waals surface area contributed by atoms with Gasteiger partial charge < -0.3 is 14.8 Å². The maximum absolute atomic E-state index is 12.3. The van der Waals surface area contributed by atoms with Gasteiger partial charge >= 0.3 is 5.97 Å². The van der Waals surface area contributed by atoms with Gasteiger partial charge in [-0.25, -0.2) is 0 Å². The number of benzene rings is 3. The van der Waals surface area contributed by atoms with Crippen molar-refractivity contribution in [3.05, 3.63) is 90.0 Å². The molecule has 0 aliphatic heterocycles. The molecule has 1 N–H and O–H groups in total. The third kappa shape index (κ3) is 5.44. The second-order valence-electron chi connectivity index (χ2n) is 5.87. The van der Waals surface area contributed by atoms with Crippen molar-refractivity contribution in [1.29, 1.82) is 0 Å². The minimum absolute atomic E-state index is 0.248. The number of esters is 1. The van der Waals surface area contributed by atoms with Gasteiger partial charge in [-0.2, -0.15) is 0 Å². The Morgan fingerprint density at radius 3 is 2.07 bits per heavy atom. The number of rotatable bonds is 6. The number of ether oxygens (including phenoxy) is 2. The largest absolute Gasteiger partial charge is 0.489 e. The first-order chi connectivity index (χ1) is 13.1. The summed E-state index contributed by atoms with van der Waals surface area (Å²) in [6, 6.07) is 23.4. The average molecular weight is 361 g/mol. The number of hydrogen-bond acceptors (Lipinski definition) is 4. The maximum atomic E-state index is 12.3. The van der Waals surface area contributed by atoms with E-state index in [1.54, 1.807) is 36.4 Å². The Balaban J connectivity index is 1.55. The first kappa shape index (κ1) is 18.2. The van der Waals surface area contributed by atoms with Crippen molar-refractivity contribution >= 4 is 17.6 Å². The predicted molar refractivity (Wildman–Crippen MR) is 103 cm³/mol. The van der Waals surface area contributed by atoms with Gasteiger partial charge in [-0.15, -0.1) is 0 Å². The summed E-state index contributed by atoms with van der Waals surface area (Å²) < 4.78 is 10.7. The average Bonchev–Trinajstić information content (AvgIpc) is 2.68. The van der Waals surface area contributed by atoms with Crippen molar-refractivity contribution < 1.29 is 19.1 Å². The van der Waals surface area contributed by atoms with Crippen LogP contribution in [-0.2, 0) is 11.4 Å². The molecule has 0 saturated heterocycles. The van der Waals surface area contributed by atoms with Gasteiger partial charge in [0.15, 0.2) is 0 Å². The number of carbonyl (C=O) groups excluding carboxylic acids is 2. The number of hydrogen-bond donors (Lipinski definition) is 1. The van der Waals surface area contributed by atoms with Crippen molar-refractivity contribution in [3.63, 3.8) is 0 Å². The van der Waals surface area contributed by atoms with E-state index in [4.69, 9.17) is 9.47 Å². The summed E-state index contributed by atoms with van der Waals surface area (Å²) in [6.45, 7) is 1.81. The molecule has 5 nitrogen and oxygen atoms in total. The summed E-state index contributed by atoms with van der Waals surface area (Å²) in [6.07, 6.45) is 0. The van der Waals surface area contributed by atoms with Crippen molar-refractivity contribution in [2.45, 2.75) is 13.5 Å². The van der Waals surface area contributed by atoms with Crippen LogP contribution in [0.15, 0.2) is 78.9 Å². The molecule has 27 heavy (non-hydrogen) atoms. The highest BCUT2D eigenvalue weighted by atomic mass is 16.5. The van der Waals surface area contributed by atoms with Gasteiger partial charge in [-0.1, -0.05) is 30.3 Å². The first-order valence-corrected chi connectivity index (χ1v) is 8.47. The number of amides is 1. The molecule has 0 radical (unpaired) electrons. The van der Waals surface area contributed by atoms with Crippen LogP contribution in [0.5, 0.6) is 11.5 Å². The lowest BCUT2D eigenvalue weighted by molar-refractivity contribution is -0.131. The lowest BCUT2D eigenvalue weighted by Crippen LogP contribution is -2.11. The van der Waals surface area contributed by atoms with E-state index in [-0.39, 0.29) is 5.91 Å². The summed E-state index contributed by atoms with van der Waals surface area (Å²) in [4.78, 5) is 23.2. The molecule has 3 rings (SSSR count). The van der Waals surface area contributed by atoms with Crippen LogP contribution in [0.4, 0.5) is 5.69 Å². The van der Waals surface area contributed by atoms with Crippen LogP contribution in [0, 0.1) is 0 Å². The SMILES string of the molecule is CC(=O)Oc1ccc(C(=O)Nc2ccc(OCc3ccccc3)cc2)cc1.